The number of amides is 1. The summed E-state index contributed by atoms with van der Waals surface area (Å²) in [6.45, 7) is 4.17. The second-order valence-corrected chi connectivity index (χ2v) is 8.78. The van der Waals surface area contributed by atoms with Crippen LogP contribution in [0, 0.1) is 0 Å². The fourth-order valence-electron chi connectivity index (χ4n) is 3.00. The number of benzene rings is 1. The van der Waals surface area contributed by atoms with Gasteiger partial charge in [0.15, 0.2) is 0 Å². The maximum Gasteiger partial charge on any atom is 0.248 e. The van der Waals surface area contributed by atoms with E-state index in [0.29, 0.717) is 43.4 Å². The molecule has 1 aromatic carbocycles. The third-order valence-electron chi connectivity index (χ3n) is 4.64. The van der Waals surface area contributed by atoms with Crippen LogP contribution in [-0.2, 0) is 19.6 Å². The lowest BCUT2D eigenvalue weighted by Crippen LogP contribution is -2.40. The molecule has 1 aliphatic rings. The molecule has 1 aromatic heterocycles. The van der Waals surface area contributed by atoms with Gasteiger partial charge in [0.2, 0.25) is 15.9 Å². The normalized spacial score (nSPS) is 15.4. The first kappa shape index (κ1) is 22.1. The molecule has 0 unspecified atom stereocenters. The van der Waals surface area contributed by atoms with Gasteiger partial charge in [-0.25, -0.2) is 8.42 Å². The van der Waals surface area contributed by atoms with Crippen LogP contribution in [0.4, 0.5) is 11.4 Å². The van der Waals surface area contributed by atoms with E-state index >= 15 is 0 Å². The van der Waals surface area contributed by atoms with E-state index in [2.05, 4.69) is 17.6 Å². The first-order valence-electron chi connectivity index (χ1n) is 9.99. The van der Waals surface area contributed by atoms with Crippen molar-refractivity contribution in [1.29, 1.82) is 0 Å². The monoisotopic (exact) mass is 433 g/mol. The maximum atomic E-state index is 13.0. The second kappa shape index (κ2) is 10.4. The number of hydrogen-bond donors (Lipinski definition) is 2. The van der Waals surface area contributed by atoms with Crippen LogP contribution in [0.1, 0.15) is 25.5 Å². The van der Waals surface area contributed by atoms with Gasteiger partial charge in [0.1, 0.15) is 5.76 Å². The summed E-state index contributed by atoms with van der Waals surface area (Å²) in [5.74, 6) is 0.168. The predicted molar refractivity (Wildman–Crippen MR) is 116 cm³/mol. The summed E-state index contributed by atoms with van der Waals surface area (Å²) in [6.07, 6.45) is 6.39. The van der Waals surface area contributed by atoms with E-state index in [0.717, 1.165) is 19.4 Å². The van der Waals surface area contributed by atoms with Crippen molar-refractivity contribution in [3.05, 3.63) is 48.4 Å². The number of hydrogen-bond acceptors (Lipinski definition) is 6. The van der Waals surface area contributed by atoms with Crippen LogP contribution in [0.5, 0.6) is 0 Å². The smallest absolute Gasteiger partial charge is 0.248 e. The third-order valence-corrected chi connectivity index (χ3v) is 6.54. The molecule has 8 nitrogen and oxygen atoms in total. The van der Waals surface area contributed by atoms with Crippen molar-refractivity contribution < 1.29 is 22.4 Å². The molecule has 1 amide bonds. The lowest BCUT2D eigenvalue weighted by atomic mass is 10.2. The molecule has 1 aliphatic heterocycles. The number of ether oxygens (including phenoxy) is 1. The van der Waals surface area contributed by atoms with Gasteiger partial charge in [0.05, 0.1) is 35.7 Å². The average molecular weight is 434 g/mol. The van der Waals surface area contributed by atoms with Crippen molar-refractivity contribution in [2.45, 2.75) is 24.7 Å². The van der Waals surface area contributed by atoms with E-state index in [9.17, 15) is 13.2 Å². The molecule has 0 aliphatic carbocycles. The van der Waals surface area contributed by atoms with E-state index in [1.807, 2.05) is 0 Å². The van der Waals surface area contributed by atoms with Gasteiger partial charge in [0.25, 0.3) is 0 Å². The van der Waals surface area contributed by atoms with E-state index in [1.165, 1.54) is 22.7 Å². The molecule has 0 spiro atoms. The van der Waals surface area contributed by atoms with Crippen LogP contribution in [-0.4, -0.2) is 51.5 Å². The minimum atomic E-state index is -3.67. The molecule has 1 saturated heterocycles. The van der Waals surface area contributed by atoms with Gasteiger partial charge >= 0.3 is 0 Å². The molecule has 0 saturated carbocycles. The van der Waals surface area contributed by atoms with Crippen molar-refractivity contribution >= 4 is 33.4 Å². The number of nitrogens with zero attached hydrogens (tertiary/aromatic N) is 1. The van der Waals surface area contributed by atoms with Gasteiger partial charge in [-0.1, -0.05) is 13.3 Å². The van der Waals surface area contributed by atoms with Crippen LogP contribution in [0.2, 0.25) is 0 Å². The largest absolute Gasteiger partial charge is 0.465 e. The zero-order valence-corrected chi connectivity index (χ0v) is 17.8. The molecule has 2 N–H and O–H groups in total. The van der Waals surface area contributed by atoms with Crippen LogP contribution < -0.4 is 10.6 Å². The summed E-state index contributed by atoms with van der Waals surface area (Å²) < 4.78 is 37.8. The van der Waals surface area contributed by atoms with Crippen molar-refractivity contribution in [3.8, 4) is 0 Å². The highest BCUT2D eigenvalue weighted by Gasteiger charge is 2.27. The highest BCUT2D eigenvalue weighted by atomic mass is 32.2. The number of nitrogens with one attached hydrogen (secondary N) is 2. The fraction of sp³-hybridized carbons (Fsp3) is 0.381. The Hall–Kier alpha value is -2.62. The molecule has 2 aromatic rings. The van der Waals surface area contributed by atoms with Crippen molar-refractivity contribution in [2.24, 2.45) is 0 Å². The van der Waals surface area contributed by atoms with Crippen molar-refractivity contribution in [1.82, 2.24) is 4.31 Å². The van der Waals surface area contributed by atoms with Gasteiger partial charge in [-0.3, -0.25) is 4.79 Å². The quantitative estimate of drug-likeness (QED) is 0.465. The molecule has 1 fully saturated rings. The third kappa shape index (κ3) is 5.71. The van der Waals surface area contributed by atoms with Gasteiger partial charge in [-0.2, -0.15) is 4.31 Å². The van der Waals surface area contributed by atoms with Crippen LogP contribution in [0.25, 0.3) is 6.08 Å². The summed E-state index contributed by atoms with van der Waals surface area (Å²) in [5.41, 5.74) is 1.08. The minimum absolute atomic E-state index is 0.135. The summed E-state index contributed by atoms with van der Waals surface area (Å²) in [7, 11) is -3.67. The number of anilines is 2. The number of furan rings is 1. The molecule has 0 bridgehead atoms. The fourth-order valence-corrected chi connectivity index (χ4v) is 4.43. The van der Waals surface area contributed by atoms with Gasteiger partial charge < -0.3 is 19.8 Å². The Kier molecular flexibility index (Phi) is 7.67. The summed E-state index contributed by atoms with van der Waals surface area (Å²) in [4.78, 5) is 12.5. The SMILES string of the molecule is CCCCNc1ccc(S(=O)(=O)N2CCOCC2)cc1NC(=O)C=Cc1ccco1. The summed E-state index contributed by atoms with van der Waals surface area (Å²) in [6, 6.07) is 8.21. The highest BCUT2D eigenvalue weighted by molar-refractivity contribution is 7.89. The average Bonchev–Trinajstić information content (AvgIpc) is 3.28. The van der Waals surface area contributed by atoms with Crippen molar-refractivity contribution in [3.63, 3.8) is 0 Å². The van der Waals surface area contributed by atoms with Crippen LogP contribution in [0.15, 0.2) is 52.0 Å². The summed E-state index contributed by atoms with van der Waals surface area (Å²) >= 11 is 0. The Morgan fingerprint density at radius 3 is 2.70 bits per heavy atom. The molecular formula is C21H27N3O5S. The Labute approximate surface area is 176 Å². The molecular weight excluding hydrogens is 406 g/mol. The highest BCUT2D eigenvalue weighted by Crippen LogP contribution is 2.28. The first-order valence-corrected chi connectivity index (χ1v) is 11.4. The lowest BCUT2D eigenvalue weighted by molar-refractivity contribution is -0.111. The molecule has 0 radical (unpaired) electrons. The maximum absolute atomic E-state index is 13.0. The number of unbranched alkanes of at least 4 members (excludes halogenated alkanes) is 1. The van der Waals surface area contributed by atoms with Crippen LogP contribution in [0.3, 0.4) is 0 Å². The Morgan fingerprint density at radius 2 is 2.00 bits per heavy atom. The Bertz CT molecular complexity index is 965. The Balaban J connectivity index is 1.83. The number of carbonyl (C=O) groups is 1. The topological polar surface area (TPSA) is 101 Å². The van der Waals surface area contributed by atoms with E-state index < -0.39 is 10.0 Å². The zero-order chi connectivity index (χ0) is 21.4. The predicted octanol–water partition coefficient (Wildman–Crippen LogP) is 3.16. The van der Waals surface area contributed by atoms with E-state index in [4.69, 9.17) is 9.15 Å². The molecule has 2 heterocycles. The molecule has 3 rings (SSSR count). The Morgan fingerprint density at radius 1 is 1.20 bits per heavy atom. The lowest BCUT2D eigenvalue weighted by Gasteiger charge is -2.26. The number of rotatable bonds is 9. The standard InChI is InChI=1S/C21H27N3O5S/c1-2-3-10-22-19-8-7-18(30(26,27)24-11-14-28-15-12-24)16-20(19)23-21(25)9-6-17-5-4-13-29-17/h4-9,13,16,22H,2-3,10-12,14-15H2,1H3,(H,23,25). The molecule has 0 atom stereocenters. The van der Waals surface area contributed by atoms with Gasteiger partial charge in [-0.15, -0.1) is 0 Å². The molecule has 162 valence electrons. The number of sulfonamides is 1. The second-order valence-electron chi connectivity index (χ2n) is 6.84. The number of carbonyl (C=O) groups excluding carboxylic acids is 1. The zero-order valence-electron chi connectivity index (χ0n) is 17.0. The molecule has 30 heavy (non-hydrogen) atoms. The van der Waals surface area contributed by atoms with E-state index in [-0.39, 0.29) is 10.8 Å². The van der Waals surface area contributed by atoms with Gasteiger partial charge in [0, 0.05) is 25.7 Å². The van der Waals surface area contributed by atoms with Gasteiger partial charge in [-0.05, 0) is 42.8 Å². The molecule has 9 heteroatoms. The number of morpholine rings is 1. The van der Waals surface area contributed by atoms with Crippen LogP contribution >= 0.6 is 0 Å². The summed E-state index contributed by atoms with van der Waals surface area (Å²) in [5, 5.41) is 6.04. The first-order chi connectivity index (χ1) is 14.5. The van der Waals surface area contributed by atoms with E-state index in [1.54, 1.807) is 30.3 Å². The minimum Gasteiger partial charge on any atom is -0.465 e. The van der Waals surface area contributed by atoms with Crippen molar-refractivity contribution in [2.75, 3.05) is 43.5 Å².